The van der Waals surface area contributed by atoms with Gasteiger partial charge in [-0.2, -0.15) is 0 Å². The number of methoxy groups -OCH3 is 1. The maximum atomic E-state index is 5.21. The first-order chi connectivity index (χ1) is 7.19. The van der Waals surface area contributed by atoms with Crippen LogP contribution in [0.3, 0.4) is 0 Å². The third-order valence-corrected chi connectivity index (χ3v) is 3.41. The molecule has 0 amide bonds. The third kappa shape index (κ3) is 3.50. The molecule has 0 saturated carbocycles. The smallest absolute Gasteiger partial charge is 0.129 e. The van der Waals surface area contributed by atoms with E-state index in [0.717, 1.165) is 12.3 Å². The van der Waals surface area contributed by atoms with Gasteiger partial charge in [-0.15, -0.1) is 11.3 Å². The molecule has 1 unspecified atom stereocenters. The summed E-state index contributed by atoms with van der Waals surface area (Å²) in [4.78, 5) is 1.37. The van der Waals surface area contributed by atoms with Crippen molar-refractivity contribution >= 4 is 11.3 Å². The molecule has 1 aromatic rings. The zero-order valence-electron chi connectivity index (χ0n) is 10.0. The van der Waals surface area contributed by atoms with Crippen LogP contribution in [0, 0.1) is 5.92 Å². The average molecular weight is 227 g/mol. The van der Waals surface area contributed by atoms with E-state index < -0.39 is 0 Å². The van der Waals surface area contributed by atoms with Crippen LogP contribution in [-0.4, -0.2) is 13.7 Å². The van der Waals surface area contributed by atoms with Gasteiger partial charge in [0.05, 0.1) is 7.11 Å². The molecule has 0 spiro atoms. The van der Waals surface area contributed by atoms with Gasteiger partial charge >= 0.3 is 0 Å². The van der Waals surface area contributed by atoms with Crippen molar-refractivity contribution in [3.63, 3.8) is 0 Å². The highest BCUT2D eigenvalue weighted by molar-refractivity contribution is 7.10. The number of ether oxygens (including phenoxy) is 1. The summed E-state index contributed by atoms with van der Waals surface area (Å²) < 4.78 is 5.21. The van der Waals surface area contributed by atoms with Gasteiger partial charge in [-0.05, 0) is 24.9 Å². The van der Waals surface area contributed by atoms with Gasteiger partial charge in [0, 0.05) is 16.3 Å². The summed E-state index contributed by atoms with van der Waals surface area (Å²) in [7, 11) is 1.72. The van der Waals surface area contributed by atoms with E-state index in [0.29, 0.717) is 12.0 Å². The Kier molecular flexibility index (Phi) is 5.12. The molecule has 1 N–H and O–H groups in total. The van der Waals surface area contributed by atoms with Crippen LogP contribution in [0.4, 0.5) is 0 Å². The summed E-state index contributed by atoms with van der Waals surface area (Å²) in [6.45, 7) is 7.77. The number of hydrogen-bond donors (Lipinski definition) is 1. The maximum absolute atomic E-state index is 5.21. The fraction of sp³-hybridized carbons (Fsp3) is 0.667. The monoisotopic (exact) mass is 227 g/mol. The molecular formula is C12H21NOS. The summed E-state index contributed by atoms with van der Waals surface area (Å²) in [6, 6.07) is 2.59. The van der Waals surface area contributed by atoms with Crippen LogP contribution in [0.1, 0.15) is 38.1 Å². The van der Waals surface area contributed by atoms with Crippen molar-refractivity contribution in [2.75, 3.05) is 13.7 Å². The predicted molar refractivity (Wildman–Crippen MR) is 66.7 cm³/mol. The fourth-order valence-electron chi connectivity index (χ4n) is 1.57. The zero-order valence-corrected chi connectivity index (χ0v) is 10.9. The largest absolute Gasteiger partial charge is 0.496 e. The Morgan fingerprint density at radius 3 is 2.67 bits per heavy atom. The Morgan fingerprint density at radius 1 is 1.47 bits per heavy atom. The van der Waals surface area contributed by atoms with E-state index in [2.05, 4.69) is 37.5 Å². The average Bonchev–Trinajstić information content (AvgIpc) is 2.66. The first-order valence-corrected chi connectivity index (χ1v) is 6.42. The zero-order chi connectivity index (χ0) is 11.3. The summed E-state index contributed by atoms with van der Waals surface area (Å²) in [6.07, 6.45) is 1.17. The molecule has 0 bridgehead atoms. The van der Waals surface area contributed by atoms with Gasteiger partial charge in [-0.1, -0.05) is 20.8 Å². The quantitative estimate of drug-likeness (QED) is 0.803. The van der Waals surface area contributed by atoms with Gasteiger partial charge in [0.15, 0.2) is 0 Å². The van der Waals surface area contributed by atoms with Crippen molar-refractivity contribution in [3.8, 4) is 5.75 Å². The highest BCUT2D eigenvalue weighted by Gasteiger charge is 2.16. The van der Waals surface area contributed by atoms with Gasteiger partial charge < -0.3 is 10.1 Å². The van der Waals surface area contributed by atoms with Crippen LogP contribution in [0.2, 0.25) is 0 Å². The van der Waals surface area contributed by atoms with Gasteiger partial charge in [-0.3, -0.25) is 0 Å². The number of thiophene rings is 1. The molecule has 0 fully saturated rings. The standard InChI is InChI=1S/C12H21NOS/c1-5-6-13-12(9(2)3)11-7-10(14-4)8-15-11/h7-9,12-13H,5-6H2,1-4H3. The van der Waals surface area contributed by atoms with E-state index in [1.165, 1.54) is 11.3 Å². The van der Waals surface area contributed by atoms with Crippen LogP contribution in [0.15, 0.2) is 11.4 Å². The van der Waals surface area contributed by atoms with Crippen molar-refractivity contribution in [2.24, 2.45) is 5.92 Å². The van der Waals surface area contributed by atoms with Crippen molar-refractivity contribution in [1.29, 1.82) is 0 Å². The molecule has 86 valence electrons. The second-order valence-electron chi connectivity index (χ2n) is 4.06. The maximum Gasteiger partial charge on any atom is 0.129 e. The molecule has 0 saturated heterocycles. The molecule has 3 heteroatoms. The highest BCUT2D eigenvalue weighted by Crippen LogP contribution is 2.30. The SMILES string of the molecule is CCCNC(c1cc(OC)cs1)C(C)C. The van der Waals surface area contributed by atoms with Crippen LogP contribution < -0.4 is 10.1 Å². The van der Waals surface area contributed by atoms with E-state index in [9.17, 15) is 0 Å². The molecule has 0 aromatic carbocycles. The molecular weight excluding hydrogens is 206 g/mol. The molecule has 1 atom stereocenters. The van der Waals surface area contributed by atoms with E-state index in [-0.39, 0.29) is 0 Å². The third-order valence-electron chi connectivity index (χ3n) is 2.42. The van der Waals surface area contributed by atoms with E-state index in [1.54, 1.807) is 18.4 Å². The summed E-state index contributed by atoms with van der Waals surface area (Å²) in [5, 5.41) is 5.65. The van der Waals surface area contributed by atoms with E-state index in [1.807, 2.05) is 0 Å². The van der Waals surface area contributed by atoms with E-state index in [4.69, 9.17) is 4.74 Å². The molecule has 1 aromatic heterocycles. The number of rotatable bonds is 6. The predicted octanol–water partition coefficient (Wildman–Crippen LogP) is 3.45. The minimum absolute atomic E-state index is 0.457. The van der Waals surface area contributed by atoms with Crippen molar-refractivity contribution in [2.45, 2.75) is 33.2 Å². The minimum Gasteiger partial charge on any atom is -0.496 e. The van der Waals surface area contributed by atoms with Gasteiger partial charge in [0.2, 0.25) is 0 Å². The van der Waals surface area contributed by atoms with E-state index >= 15 is 0 Å². The molecule has 15 heavy (non-hydrogen) atoms. The second kappa shape index (κ2) is 6.13. The molecule has 0 aliphatic heterocycles. The molecule has 1 rings (SSSR count). The fourth-order valence-corrected chi connectivity index (χ4v) is 2.67. The topological polar surface area (TPSA) is 21.3 Å². The lowest BCUT2D eigenvalue weighted by Crippen LogP contribution is -2.25. The lowest BCUT2D eigenvalue weighted by Gasteiger charge is -2.20. The van der Waals surface area contributed by atoms with Crippen LogP contribution >= 0.6 is 11.3 Å². The Balaban J connectivity index is 2.70. The van der Waals surface area contributed by atoms with Crippen molar-refractivity contribution in [3.05, 3.63) is 16.3 Å². The molecule has 0 aliphatic carbocycles. The molecule has 1 heterocycles. The lowest BCUT2D eigenvalue weighted by molar-refractivity contribution is 0.406. The van der Waals surface area contributed by atoms with Crippen molar-refractivity contribution in [1.82, 2.24) is 5.32 Å². The summed E-state index contributed by atoms with van der Waals surface area (Å²) in [5.41, 5.74) is 0. The Bertz CT molecular complexity index is 283. The van der Waals surface area contributed by atoms with Gasteiger partial charge in [0.1, 0.15) is 5.75 Å². The van der Waals surface area contributed by atoms with Crippen LogP contribution in [0.5, 0.6) is 5.75 Å². The first kappa shape index (κ1) is 12.5. The molecule has 0 radical (unpaired) electrons. The van der Waals surface area contributed by atoms with Crippen molar-refractivity contribution < 1.29 is 4.74 Å². The van der Waals surface area contributed by atoms with Gasteiger partial charge in [0.25, 0.3) is 0 Å². The Labute approximate surface area is 96.7 Å². The normalized spacial score (nSPS) is 13.1. The summed E-state index contributed by atoms with van der Waals surface area (Å²) in [5.74, 6) is 1.58. The van der Waals surface area contributed by atoms with Crippen LogP contribution in [0.25, 0.3) is 0 Å². The van der Waals surface area contributed by atoms with Gasteiger partial charge in [-0.25, -0.2) is 0 Å². The Morgan fingerprint density at radius 2 is 2.20 bits per heavy atom. The van der Waals surface area contributed by atoms with Crippen LogP contribution in [-0.2, 0) is 0 Å². The lowest BCUT2D eigenvalue weighted by atomic mass is 10.0. The second-order valence-corrected chi connectivity index (χ2v) is 5.01. The molecule has 0 aliphatic rings. The summed E-state index contributed by atoms with van der Waals surface area (Å²) >= 11 is 1.77. The highest BCUT2D eigenvalue weighted by atomic mass is 32.1. The number of nitrogens with one attached hydrogen (secondary N) is 1. The number of hydrogen-bond acceptors (Lipinski definition) is 3. The first-order valence-electron chi connectivity index (χ1n) is 5.54. The Hall–Kier alpha value is -0.540. The minimum atomic E-state index is 0.457. The molecule has 2 nitrogen and oxygen atoms in total.